The minimum atomic E-state index is -0.676. The second-order valence-electron chi connectivity index (χ2n) is 13.3. The molecule has 2 heterocycles. The van der Waals surface area contributed by atoms with Crippen molar-refractivity contribution in [1.29, 1.82) is 0 Å². The molecule has 2 amide bonds. The van der Waals surface area contributed by atoms with E-state index < -0.39 is 5.60 Å². The highest BCUT2D eigenvalue weighted by molar-refractivity contribution is 5.74. The lowest BCUT2D eigenvalue weighted by molar-refractivity contribution is -0.203. The minimum Gasteiger partial charge on any atom is -0.431 e. The summed E-state index contributed by atoms with van der Waals surface area (Å²) < 4.78 is 10.7. The van der Waals surface area contributed by atoms with Gasteiger partial charge in [0.15, 0.2) is 0 Å². The molecular formula is C30H44N2O5. The lowest BCUT2D eigenvalue weighted by Gasteiger charge is -2.64. The molecule has 8 atom stereocenters. The molecule has 1 aliphatic heterocycles. The van der Waals surface area contributed by atoms with Crippen LogP contribution in [0.4, 0.5) is 4.79 Å². The van der Waals surface area contributed by atoms with Gasteiger partial charge in [-0.2, -0.15) is 0 Å². The van der Waals surface area contributed by atoms with Crippen LogP contribution in [0, 0.1) is 28.6 Å². The van der Waals surface area contributed by atoms with Gasteiger partial charge in [-0.3, -0.25) is 0 Å². The Kier molecular flexibility index (Phi) is 6.26. The van der Waals surface area contributed by atoms with Gasteiger partial charge in [0.05, 0.1) is 25.1 Å². The molecule has 204 valence electrons. The maximum absolute atomic E-state index is 13.2. The lowest BCUT2D eigenvalue weighted by atomic mass is 9.43. The molecule has 6 rings (SSSR count). The fraction of sp³-hybridized carbons (Fsp3) is 0.800. The Bertz CT molecular complexity index is 1060. The van der Waals surface area contributed by atoms with E-state index in [0.29, 0.717) is 50.1 Å². The highest BCUT2D eigenvalue weighted by Gasteiger charge is 2.67. The first-order valence-electron chi connectivity index (χ1n) is 14.6. The molecule has 4 aliphatic carbocycles. The Labute approximate surface area is 220 Å². The third-order valence-corrected chi connectivity index (χ3v) is 12.1. The van der Waals surface area contributed by atoms with Gasteiger partial charge >= 0.3 is 11.7 Å². The van der Waals surface area contributed by atoms with E-state index in [1.165, 1.54) is 6.07 Å². The number of ether oxygens (including phenoxy) is 1. The number of nitrogens with zero attached hydrogens (tertiary/aromatic N) is 2. The van der Waals surface area contributed by atoms with Crippen LogP contribution in [0.15, 0.2) is 27.6 Å². The van der Waals surface area contributed by atoms with Crippen LogP contribution in [0.5, 0.6) is 0 Å². The summed E-state index contributed by atoms with van der Waals surface area (Å²) in [5.41, 5.74) is 0.0933. The van der Waals surface area contributed by atoms with E-state index in [2.05, 4.69) is 13.8 Å². The molecule has 7 heteroatoms. The summed E-state index contributed by atoms with van der Waals surface area (Å²) in [6.07, 6.45) is 11.0. The van der Waals surface area contributed by atoms with E-state index in [-0.39, 0.29) is 28.4 Å². The quantitative estimate of drug-likeness (QED) is 0.625. The van der Waals surface area contributed by atoms with Crippen LogP contribution in [0.3, 0.4) is 0 Å². The zero-order valence-electron chi connectivity index (χ0n) is 22.8. The number of morpholine rings is 1. The van der Waals surface area contributed by atoms with Crippen molar-refractivity contribution in [1.82, 2.24) is 9.80 Å². The molecule has 1 saturated heterocycles. The molecule has 1 N–H and O–H groups in total. The van der Waals surface area contributed by atoms with Crippen LogP contribution >= 0.6 is 0 Å². The molecule has 3 unspecified atom stereocenters. The predicted octanol–water partition coefficient (Wildman–Crippen LogP) is 4.63. The van der Waals surface area contributed by atoms with Gasteiger partial charge in [0.1, 0.15) is 0 Å². The molecule has 1 aromatic heterocycles. The average molecular weight is 513 g/mol. The number of urea groups is 1. The number of aliphatic hydroxyl groups is 1. The molecule has 5 fully saturated rings. The standard InChI is InChI=1S/C30H44N2O5/c1-28-11-8-22(31(3)27(34)32-14-16-36-17-15-32)18-21(28)5-6-25-24(28)9-12-29(2)23(10-13-30(25,29)35)20-4-7-26(33)37-19-20/h4,7,19,21-25,35H,5-6,8-18H2,1-3H3/t21?,22?,23-,24+,25?,28+,29-,30+/m1/s1. The highest BCUT2D eigenvalue weighted by Crippen LogP contribution is 2.70. The van der Waals surface area contributed by atoms with E-state index in [9.17, 15) is 14.7 Å². The molecule has 5 aliphatic rings. The highest BCUT2D eigenvalue weighted by atomic mass is 16.5. The molecule has 7 nitrogen and oxygen atoms in total. The maximum atomic E-state index is 13.2. The third kappa shape index (κ3) is 3.82. The SMILES string of the molecule is CN(C(=O)N1CCOCC1)C1CC[C@@]2(C)C(CCC3[C@@H]2CC[C@]2(C)[C@@H](c4ccc(=O)oc4)CC[C@]32O)C1. The van der Waals surface area contributed by atoms with Crippen molar-refractivity contribution in [3.8, 4) is 0 Å². The zero-order valence-corrected chi connectivity index (χ0v) is 22.8. The van der Waals surface area contributed by atoms with Crippen molar-refractivity contribution in [3.63, 3.8) is 0 Å². The first-order valence-corrected chi connectivity index (χ1v) is 14.6. The number of hydrogen-bond acceptors (Lipinski definition) is 5. The molecule has 37 heavy (non-hydrogen) atoms. The van der Waals surface area contributed by atoms with E-state index in [0.717, 1.165) is 63.4 Å². The molecule has 0 spiro atoms. The second-order valence-corrected chi connectivity index (χ2v) is 13.3. The fourth-order valence-electron chi connectivity index (χ4n) is 9.79. The van der Waals surface area contributed by atoms with Gasteiger partial charge in [-0.05, 0) is 98.5 Å². The van der Waals surface area contributed by atoms with Crippen LogP contribution < -0.4 is 5.63 Å². The van der Waals surface area contributed by atoms with Crippen molar-refractivity contribution in [2.24, 2.45) is 28.6 Å². The third-order valence-electron chi connectivity index (χ3n) is 12.1. The van der Waals surface area contributed by atoms with Gasteiger partial charge in [0.25, 0.3) is 0 Å². The van der Waals surface area contributed by atoms with E-state index in [1.54, 1.807) is 6.26 Å². The molecule has 0 bridgehead atoms. The normalized spacial score (nSPS) is 43.5. The molecular weight excluding hydrogens is 468 g/mol. The predicted molar refractivity (Wildman–Crippen MR) is 140 cm³/mol. The van der Waals surface area contributed by atoms with Crippen molar-refractivity contribution in [2.75, 3.05) is 33.4 Å². The van der Waals surface area contributed by atoms with Crippen molar-refractivity contribution < 1.29 is 19.1 Å². The number of carbonyl (C=O) groups excluding carboxylic acids is 1. The number of fused-ring (bicyclic) bond motifs is 5. The summed E-state index contributed by atoms with van der Waals surface area (Å²) in [5, 5.41) is 12.5. The zero-order chi connectivity index (χ0) is 26.0. The lowest BCUT2D eigenvalue weighted by Crippen LogP contribution is -2.62. The van der Waals surface area contributed by atoms with Gasteiger partial charge in [0, 0.05) is 37.7 Å². The summed E-state index contributed by atoms with van der Waals surface area (Å²) in [4.78, 5) is 28.7. The van der Waals surface area contributed by atoms with Crippen molar-refractivity contribution in [3.05, 3.63) is 34.4 Å². The first-order chi connectivity index (χ1) is 17.7. The summed E-state index contributed by atoms with van der Waals surface area (Å²) in [5.74, 6) is 1.67. The monoisotopic (exact) mass is 512 g/mol. The maximum Gasteiger partial charge on any atom is 0.335 e. The largest absolute Gasteiger partial charge is 0.431 e. The van der Waals surface area contributed by atoms with Crippen LogP contribution in [0.1, 0.15) is 83.1 Å². The Morgan fingerprint density at radius 3 is 2.54 bits per heavy atom. The Hall–Kier alpha value is -1.86. The van der Waals surface area contributed by atoms with Gasteiger partial charge in [0.2, 0.25) is 0 Å². The van der Waals surface area contributed by atoms with E-state index >= 15 is 0 Å². The Morgan fingerprint density at radius 1 is 1.03 bits per heavy atom. The summed E-state index contributed by atoms with van der Waals surface area (Å²) in [6.45, 7) is 7.44. The molecule has 4 saturated carbocycles. The number of hydrogen-bond donors (Lipinski definition) is 1. The van der Waals surface area contributed by atoms with Crippen molar-refractivity contribution >= 4 is 6.03 Å². The molecule has 0 radical (unpaired) electrons. The number of carbonyl (C=O) groups is 1. The van der Waals surface area contributed by atoms with Gasteiger partial charge in [-0.15, -0.1) is 0 Å². The summed E-state index contributed by atoms with van der Waals surface area (Å²) >= 11 is 0. The van der Waals surface area contributed by atoms with Gasteiger partial charge in [-0.25, -0.2) is 9.59 Å². The molecule has 0 aromatic carbocycles. The topological polar surface area (TPSA) is 83.2 Å². The number of rotatable bonds is 2. The number of amides is 2. The molecule has 1 aromatic rings. The van der Waals surface area contributed by atoms with Crippen LogP contribution in [-0.4, -0.2) is 65.9 Å². The van der Waals surface area contributed by atoms with Crippen molar-refractivity contribution in [2.45, 2.75) is 89.2 Å². The van der Waals surface area contributed by atoms with Crippen LogP contribution in [0.25, 0.3) is 0 Å². The fourth-order valence-corrected chi connectivity index (χ4v) is 9.79. The summed E-state index contributed by atoms with van der Waals surface area (Å²) in [6, 6.07) is 3.88. The smallest absolute Gasteiger partial charge is 0.335 e. The van der Waals surface area contributed by atoms with Gasteiger partial charge in [-0.1, -0.05) is 13.8 Å². The minimum absolute atomic E-state index is 0.155. The summed E-state index contributed by atoms with van der Waals surface area (Å²) in [7, 11) is 2.00. The Morgan fingerprint density at radius 2 is 1.81 bits per heavy atom. The van der Waals surface area contributed by atoms with Crippen LogP contribution in [0.2, 0.25) is 0 Å². The van der Waals surface area contributed by atoms with E-state index in [1.807, 2.05) is 22.9 Å². The average Bonchev–Trinajstić information content (AvgIpc) is 3.19. The van der Waals surface area contributed by atoms with Gasteiger partial charge < -0.3 is 24.1 Å². The van der Waals surface area contributed by atoms with Crippen LogP contribution in [-0.2, 0) is 4.74 Å². The second kappa shape index (κ2) is 9.11. The Balaban J connectivity index is 1.19. The van der Waals surface area contributed by atoms with E-state index in [4.69, 9.17) is 9.15 Å². The first kappa shape index (κ1) is 25.4.